The number of carbonyl (C=O) groups is 2. The Hall–Kier alpha value is -2.76. The number of hydrogen-bond donors (Lipinski definition) is 1. The molecule has 2 heterocycles. The second kappa shape index (κ2) is 6.56. The van der Waals surface area contributed by atoms with Gasteiger partial charge in [0.2, 0.25) is 5.91 Å². The summed E-state index contributed by atoms with van der Waals surface area (Å²) in [6.45, 7) is 2.67. The van der Waals surface area contributed by atoms with Crippen LogP contribution in [0.15, 0.2) is 42.9 Å². The molecule has 1 unspecified atom stereocenters. The summed E-state index contributed by atoms with van der Waals surface area (Å²) in [6, 6.07) is 7.29. The largest absolute Gasteiger partial charge is 0.339 e. The molecule has 3 rings (SSSR count). The van der Waals surface area contributed by atoms with Crippen LogP contribution in [-0.2, 0) is 4.79 Å². The van der Waals surface area contributed by atoms with Gasteiger partial charge in [-0.2, -0.15) is 0 Å². The second-order valence-corrected chi connectivity index (χ2v) is 5.58. The van der Waals surface area contributed by atoms with Crippen LogP contribution in [0.25, 0.3) is 0 Å². The lowest BCUT2D eigenvalue weighted by molar-refractivity contribution is -0.121. The Bertz CT molecular complexity index is 700. The molecule has 1 aromatic heterocycles. The number of aromatic nitrogens is 2. The van der Waals surface area contributed by atoms with Crippen molar-refractivity contribution >= 4 is 17.5 Å². The molecule has 1 fully saturated rings. The van der Waals surface area contributed by atoms with E-state index in [1.54, 1.807) is 4.90 Å². The maximum atomic E-state index is 12.7. The van der Waals surface area contributed by atoms with Crippen LogP contribution >= 0.6 is 0 Å². The minimum Gasteiger partial charge on any atom is -0.339 e. The van der Waals surface area contributed by atoms with Crippen LogP contribution in [-0.4, -0.2) is 34.4 Å². The molecule has 2 amide bonds. The van der Waals surface area contributed by atoms with Gasteiger partial charge in [0, 0.05) is 24.6 Å². The van der Waals surface area contributed by atoms with E-state index in [1.807, 2.05) is 31.2 Å². The van der Waals surface area contributed by atoms with E-state index in [4.69, 9.17) is 0 Å². The molecule has 1 N–H and O–H groups in total. The number of nitrogens with zero attached hydrogens (tertiary/aromatic N) is 3. The number of amides is 2. The van der Waals surface area contributed by atoms with Crippen molar-refractivity contribution in [2.45, 2.75) is 25.8 Å². The molecule has 1 atom stereocenters. The molecular formula is C17H18N4O2. The molecule has 0 radical (unpaired) electrons. The maximum absolute atomic E-state index is 12.7. The molecule has 2 aromatic rings. The van der Waals surface area contributed by atoms with Gasteiger partial charge in [0.25, 0.3) is 5.91 Å². The van der Waals surface area contributed by atoms with E-state index in [0.717, 1.165) is 17.7 Å². The third-order valence-electron chi connectivity index (χ3n) is 3.89. The molecule has 0 aliphatic carbocycles. The highest BCUT2D eigenvalue weighted by molar-refractivity contribution is 6.02. The summed E-state index contributed by atoms with van der Waals surface area (Å²) >= 11 is 0. The second-order valence-electron chi connectivity index (χ2n) is 5.58. The Kier molecular flexibility index (Phi) is 4.32. The molecular weight excluding hydrogens is 292 g/mol. The van der Waals surface area contributed by atoms with E-state index in [9.17, 15) is 9.59 Å². The number of carbonyl (C=O) groups excluding carboxylic acids is 2. The number of piperidine rings is 1. The summed E-state index contributed by atoms with van der Waals surface area (Å²) in [7, 11) is 0. The van der Waals surface area contributed by atoms with E-state index in [1.165, 1.54) is 18.6 Å². The van der Waals surface area contributed by atoms with Crippen molar-refractivity contribution in [3.05, 3.63) is 54.1 Å². The third-order valence-corrected chi connectivity index (χ3v) is 3.89. The summed E-state index contributed by atoms with van der Waals surface area (Å²) in [4.78, 5) is 34.4. The number of hydrogen-bond acceptors (Lipinski definition) is 4. The number of benzene rings is 1. The normalized spacial score (nSPS) is 17.9. The van der Waals surface area contributed by atoms with Crippen LogP contribution in [0.3, 0.4) is 0 Å². The lowest BCUT2D eigenvalue weighted by Gasteiger charge is -2.32. The van der Waals surface area contributed by atoms with Crippen molar-refractivity contribution in [3.63, 3.8) is 0 Å². The molecule has 0 saturated carbocycles. The Balaban J connectivity index is 1.72. The van der Waals surface area contributed by atoms with Gasteiger partial charge in [0.15, 0.2) is 0 Å². The van der Waals surface area contributed by atoms with Crippen molar-refractivity contribution in [2.75, 3.05) is 11.4 Å². The smallest absolute Gasteiger partial charge is 0.272 e. The van der Waals surface area contributed by atoms with Crippen LogP contribution in [0.4, 0.5) is 5.69 Å². The van der Waals surface area contributed by atoms with Crippen LogP contribution < -0.4 is 10.2 Å². The highest BCUT2D eigenvalue weighted by Gasteiger charge is 2.31. The highest BCUT2D eigenvalue weighted by Crippen LogP contribution is 2.21. The highest BCUT2D eigenvalue weighted by atomic mass is 16.2. The molecule has 0 spiro atoms. The Morgan fingerprint density at radius 2 is 2.04 bits per heavy atom. The first-order chi connectivity index (χ1) is 11.1. The summed E-state index contributed by atoms with van der Waals surface area (Å²) < 4.78 is 0. The van der Waals surface area contributed by atoms with Crippen LogP contribution in [0.2, 0.25) is 0 Å². The van der Waals surface area contributed by atoms with Crippen molar-refractivity contribution < 1.29 is 9.59 Å². The summed E-state index contributed by atoms with van der Waals surface area (Å²) in [6.07, 6.45) is 5.82. The standard InChI is InChI=1S/C17H18N4O2/c1-12-4-6-13(7-5-12)21-10-2-3-14(17(21)23)20-16(22)15-11-18-8-9-19-15/h4-9,11,14H,2-3,10H2,1H3,(H,20,22). The topological polar surface area (TPSA) is 75.2 Å². The van der Waals surface area contributed by atoms with Gasteiger partial charge in [-0.25, -0.2) is 4.98 Å². The molecule has 1 aliphatic rings. The lowest BCUT2D eigenvalue weighted by Crippen LogP contribution is -2.52. The fourth-order valence-corrected chi connectivity index (χ4v) is 2.64. The van der Waals surface area contributed by atoms with Crippen LogP contribution in [0, 0.1) is 6.92 Å². The van der Waals surface area contributed by atoms with Crippen LogP contribution in [0.1, 0.15) is 28.9 Å². The van der Waals surface area contributed by atoms with Gasteiger partial charge < -0.3 is 10.2 Å². The van der Waals surface area contributed by atoms with Crippen molar-refractivity contribution in [2.24, 2.45) is 0 Å². The predicted molar refractivity (Wildman–Crippen MR) is 86.1 cm³/mol. The van der Waals surface area contributed by atoms with Crippen molar-refractivity contribution in [1.29, 1.82) is 0 Å². The van der Waals surface area contributed by atoms with Gasteiger partial charge in [0.1, 0.15) is 11.7 Å². The lowest BCUT2D eigenvalue weighted by atomic mass is 10.0. The van der Waals surface area contributed by atoms with Crippen LogP contribution in [0.5, 0.6) is 0 Å². The number of nitrogens with one attached hydrogen (secondary N) is 1. The third kappa shape index (κ3) is 3.36. The molecule has 23 heavy (non-hydrogen) atoms. The quantitative estimate of drug-likeness (QED) is 0.936. The fourth-order valence-electron chi connectivity index (χ4n) is 2.64. The number of aryl methyl sites for hydroxylation is 1. The average molecular weight is 310 g/mol. The Labute approximate surface area is 134 Å². The zero-order valence-electron chi connectivity index (χ0n) is 12.9. The minimum atomic E-state index is -0.528. The van der Waals surface area contributed by atoms with E-state index in [-0.39, 0.29) is 17.5 Å². The van der Waals surface area contributed by atoms with Crippen molar-refractivity contribution in [1.82, 2.24) is 15.3 Å². The molecule has 1 aromatic carbocycles. The number of rotatable bonds is 3. The maximum Gasteiger partial charge on any atom is 0.272 e. The summed E-state index contributed by atoms with van der Waals surface area (Å²) in [5, 5.41) is 2.76. The monoisotopic (exact) mass is 310 g/mol. The molecule has 6 nitrogen and oxygen atoms in total. The zero-order chi connectivity index (χ0) is 16.2. The number of anilines is 1. The first-order valence-corrected chi connectivity index (χ1v) is 7.60. The summed E-state index contributed by atoms with van der Waals surface area (Å²) in [5.41, 5.74) is 2.22. The van der Waals surface area contributed by atoms with Gasteiger partial charge in [-0.15, -0.1) is 0 Å². The first-order valence-electron chi connectivity index (χ1n) is 7.60. The van der Waals surface area contributed by atoms with Crippen molar-refractivity contribution in [3.8, 4) is 0 Å². The Morgan fingerprint density at radius 3 is 2.74 bits per heavy atom. The van der Waals surface area contributed by atoms with E-state index in [0.29, 0.717) is 13.0 Å². The van der Waals surface area contributed by atoms with Gasteiger partial charge in [-0.1, -0.05) is 17.7 Å². The van der Waals surface area contributed by atoms with E-state index in [2.05, 4.69) is 15.3 Å². The molecule has 118 valence electrons. The van der Waals surface area contributed by atoms with Gasteiger partial charge >= 0.3 is 0 Å². The van der Waals surface area contributed by atoms with E-state index >= 15 is 0 Å². The zero-order valence-corrected chi connectivity index (χ0v) is 12.9. The predicted octanol–water partition coefficient (Wildman–Crippen LogP) is 1.71. The molecule has 0 bridgehead atoms. The fraction of sp³-hybridized carbons (Fsp3) is 0.294. The average Bonchev–Trinajstić information content (AvgIpc) is 2.58. The Morgan fingerprint density at radius 1 is 1.26 bits per heavy atom. The first kappa shape index (κ1) is 15.1. The van der Waals surface area contributed by atoms with Gasteiger partial charge in [0.05, 0.1) is 6.20 Å². The molecule has 1 aliphatic heterocycles. The molecule has 1 saturated heterocycles. The van der Waals surface area contributed by atoms with E-state index < -0.39 is 6.04 Å². The summed E-state index contributed by atoms with van der Waals surface area (Å²) in [5.74, 6) is -0.459. The van der Waals surface area contributed by atoms with Gasteiger partial charge in [-0.3, -0.25) is 14.6 Å². The van der Waals surface area contributed by atoms with Gasteiger partial charge in [-0.05, 0) is 31.9 Å². The molecule has 6 heteroatoms. The SMILES string of the molecule is Cc1ccc(N2CCCC(NC(=O)c3cnccn3)C2=O)cc1. The minimum absolute atomic E-state index is 0.0858.